The Morgan fingerprint density at radius 2 is 1.69 bits per heavy atom. The first-order valence-electron chi connectivity index (χ1n) is 8.22. The number of aliphatic hydroxyl groups excluding tert-OH is 1. The molecule has 26 heavy (non-hydrogen) atoms. The number of nitrogens with zero attached hydrogens (tertiary/aromatic N) is 1. The standard InChI is InChI=1S/C20H19N3O3/c21-19(25)17(23-20(26)18(24)14-7-2-1-3-8-14)12-15-11-10-13-6-4-5-9-16(13)22-15/h1-11,17-18,24H,12H2,(H2,21,25)(H,23,26)/t17-,18+/m1/s1. The monoisotopic (exact) mass is 349 g/mol. The van der Waals surface area contributed by atoms with Crippen molar-refractivity contribution in [2.45, 2.75) is 18.6 Å². The number of hydrogen-bond donors (Lipinski definition) is 3. The first kappa shape index (κ1) is 17.6. The molecule has 2 aromatic carbocycles. The Morgan fingerprint density at radius 3 is 2.42 bits per heavy atom. The normalized spacial score (nSPS) is 13.1. The third kappa shape index (κ3) is 4.04. The molecule has 3 rings (SSSR count). The quantitative estimate of drug-likeness (QED) is 0.627. The minimum absolute atomic E-state index is 0.146. The van der Waals surface area contributed by atoms with Crippen molar-refractivity contribution in [2.75, 3.05) is 0 Å². The molecule has 0 aliphatic heterocycles. The van der Waals surface area contributed by atoms with Gasteiger partial charge >= 0.3 is 0 Å². The third-order valence-corrected chi connectivity index (χ3v) is 4.09. The van der Waals surface area contributed by atoms with E-state index >= 15 is 0 Å². The molecule has 0 saturated heterocycles. The predicted octanol–water partition coefficient (Wildman–Crippen LogP) is 1.48. The highest BCUT2D eigenvalue weighted by molar-refractivity contribution is 5.89. The summed E-state index contributed by atoms with van der Waals surface area (Å²) in [5.74, 6) is -1.37. The molecule has 0 aliphatic rings. The first-order valence-corrected chi connectivity index (χ1v) is 8.22. The summed E-state index contributed by atoms with van der Waals surface area (Å²) >= 11 is 0. The van der Waals surface area contributed by atoms with Crippen LogP contribution in [0.5, 0.6) is 0 Å². The smallest absolute Gasteiger partial charge is 0.254 e. The second-order valence-electron chi connectivity index (χ2n) is 5.98. The van der Waals surface area contributed by atoms with Crippen LogP contribution in [0.15, 0.2) is 66.7 Å². The van der Waals surface area contributed by atoms with Gasteiger partial charge in [0.05, 0.1) is 5.52 Å². The number of pyridine rings is 1. The van der Waals surface area contributed by atoms with Gasteiger partial charge in [0.2, 0.25) is 5.91 Å². The van der Waals surface area contributed by atoms with E-state index in [-0.39, 0.29) is 6.42 Å². The first-order chi connectivity index (χ1) is 12.5. The van der Waals surface area contributed by atoms with Gasteiger partial charge in [-0.1, -0.05) is 54.6 Å². The molecule has 2 atom stereocenters. The van der Waals surface area contributed by atoms with Gasteiger partial charge in [-0.25, -0.2) is 0 Å². The fourth-order valence-electron chi connectivity index (χ4n) is 2.69. The molecule has 6 heteroatoms. The lowest BCUT2D eigenvalue weighted by Crippen LogP contribution is -2.47. The van der Waals surface area contributed by atoms with Crippen LogP contribution >= 0.6 is 0 Å². The third-order valence-electron chi connectivity index (χ3n) is 4.09. The molecule has 0 bridgehead atoms. The number of nitrogens with two attached hydrogens (primary N) is 1. The Balaban J connectivity index is 1.74. The predicted molar refractivity (Wildman–Crippen MR) is 98.0 cm³/mol. The van der Waals surface area contributed by atoms with E-state index in [1.807, 2.05) is 30.3 Å². The second kappa shape index (κ2) is 7.76. The molecule has 1 aromatic heterocycles. The lowest BCUT2D eigenvalue weighted by atomic mass is 10.1. The summed E-state index contributed by atoms with van der Waals surface area (Å²) in [4.78, 5) is 28.5. The summed E-state index contributed by atoms with van der Waals surface area (Å²) in [7, 11) is 0. The van der Waals surface area contributed by atoms with Gasteiger partial charge in [0.25, 0.3) is 5.91 Å². The van der Waals surface area contributed by atoms with Crippen molar-refractivity contribution < 1.29 is 14.7 Å². The molecule has 4 N–H and O–H groups in total. The number of benzene rings is 2. The average molecular weight is 349 g/mol. The van der Waals surface area contributed by atoms with E-state index in [0.29, 0.717) is 11.3 Å². The molecule has 0 spiro atoms. The van der Waals surface area contributed by atoms with Gasteiger partial charge in [-0.05, 0) is 17.7 Å². The number of nitrogens with one attached hydrogen (secondary N) is 1. The fourth-order valence-corrected chi connectivity index (χ4v) is 2.69. The lowest BCUT2D eigenvalue weighted by Gasteiger charge is -2.18. The number of rotatable bonds is 6. The van der Waals surface area contributed by atoms with Crippen molar-refractivity contribution in [1.82, 2.24) is 10.3 Å². The van der Waals surface area contributed by atoms with Crippen molar-refractivity contribution in [3.05, 3.63) is 78.0 Å². The Bertz CT molecular complexity index is 928. The molecule has 132 valence electrons. The van der Waals surface area contributed by atoms with Crippen molar-refractivity contribution >= 4 is 22.7 Å². The van der Waals surface area contributed by atoms with E-state index in [4.69, 9.17) is 5.73 Å². The number of carbonyl (C=O) groups excluding carboxylic acids is 2. The molecule has 3 aromatic rings. The van der Waals surface area contributed by atoms with Crippen LogP contribution < -0.4 is 11.1 Å². The lowest BCUT2D eigenvalue weighted by molar-refractivity contribution is -0.133. The largest absolute Gasteiger partial charge is 0.378 e. The number of carbonyl (C=O) groups is 2. The Labute approximate surface area is 150 Å². The maximum Gasteiger partial charge on any atom is 0.254 e. The summed E-state index contributed by atoms with van der Waals surface area (Å²) < 4.78 is 0. The van der Waals surface area contributed by atoms with E-state index in [0.717, 1.165) is 10.9 Å². The van der Waals surface area contributed by atoms with Crippen LogP contribution in [-0.2, 0) is 16.0 Å². The molecule has 0 saturated carbocycles. The van der Waals surface area contributed by atoms with Crippen LogP contribution in [0.3, 0.4) is 0 Å². The van der Waals surface area contributed by atoms with Crippen molar-refractivity contribution in [2.24, 2.45) is 5.73 Å². The van der Waals surface area contributed by atoms with Crippen molar-refractivity contribution in [1.29, 1.82) is 0 Å². The zero-order valence-corrected chi connectivity index (χ0v) is 14.0. The van der Waals surface area contributed by atoms with Crippen LogP contribution in [0.4, 0.5) is 0 Å². The van der Waals surface area contributed by atoms with Crippen molar-refractivity contribution in [3.8, 4) is 0 Å². The zero-order chi connectivity index (χ0) is 18.5. The molecular weight excluding hydrogens is 330 g/mol. The summed E-state index contributed by atoms with van der Waals surface area (Å²) in [6.45, 7) is 0. The molecule has 0 unspecified atom stereocenters. The molecular formula is C20H19N3O3. The number of primary amides is 1. The van der Waals surface area contributed by atoms with E-state index in [1.165, 1.54) is 0 Å². The van der Waals surface area contributed by atoms with Crippen LogP contribution in [0.25, 0.3) is 10.9 Å². The number of para-hydroxylation sites is 1. The number of aromatic nitrogens is 1. The van der Waals surface area contributed by atoms with Gasteiger partial charge in [-0.2, -0.15) is 0 Å². The fraction of sp³-hybridized carbons (Fsp3) is 0.150. The summed E-state index contributed by atoms with van der Waals surface area (Å²) in [6, 6.07) is 18.8. The molecule has 0 aliphatic carbocycles. The van der Waals surface area contributed by atoms with E-state index in [1.54, 1.807) is 36.4 Å². The van der Waals surface area contributed by atoms with Crippen molar-refractivity contribution in [3.63, 3.8) is 0 Å². The van der Waals surface area contributed by atoms with Crippen LogP contribution in [0, 0.1) is 0 Å². The van der Waals surface area contributed by atoms with Gasteiger partial charge in [0.1, 0.15) is 6.04 Å². The average Bonchev–Trinajstić information content (AvgIpc) is 2.67. The molecule has 2 amide bonds. The second-order valence-corrected chi connectivity index (χ2v) is 5.98. The van der Waals surface area contributed by atoms with Crippen LogP contribution in [0.1, 0.15) is 17.4 Å². The van der Waals surface area contributed by atoms with Crippen LogP contribution in [0.2, 0.25) is 0 Å². The van der Waals surface area contributed by atoms with Crippen LogP contribution in [-0.4, -0.2) is 27.9 Å². The van der Waals surface area contributed by atoms with Gasteiger partial charge in [0, 0.05) is 17.5 Å². The molecule has 6 nitrogen and oxygen atoms in total. The number of amides is 2. The number of fused-ring (bicyclic) bond motifs is 1. The highest BCUT2D eigenvalue weighted by Gasteiger charge is 2.24. The Hall–Kier alpha value is -3.25. The molecule has 0 fully saturated rings. The van der Waals surface area contributed by atoms with Gasteiger partial charge in [-0.3, -0.25) is 14.6 Å². The van der Waals surface area contributed by atoms with E-state index in [9.17, 15) is 14.7 Å². The summed E-state index contributed by atoms with van der Waals surface area (Å²) in [5, 5.41) is 13.6. The van der Waals surface area contributed by atoms with Gasteiger partial charge in [-0.15, -0.1) is 0 Å². The maximum absolute atomic E-state index is 12.3. The highest BCUT2D eigenvalue weighted by atomic mass is 16.3. The minimum Gasteiger partial charge on any atom is -0.378 e. The number of hydrogen-bond acceptors (Lipinski definition) is 4. The topological polar surface area (TPSA) is 105 Å². The summed E-state index contributed by atoms with van der Waals surface area (Å²) in [6.07, 6.45) is -1.23. The SMILES string of the molecule is NC(=O)[C@@H](Cc1ccc2ccccc2n1)NC(=O)[C@@H](O)c1ccccc1. The van der Waals surface area contributed by atoms with E-state index < -0.39 is 24.0 Å². The minimum atomic E-state index is -1.37. The van der Waals surface area contributed by atoms with Gasteiger partial charge < -0.3 is 16.2 Å². The maximum atomic E-state index is 12.3. The Kier molecular flexibility index (Phi) is 5.24. The Morgan fingerprint density at radius 1 is 1.00 bits per heavy atom. The zero-order valence-electron chi connectivity index (χ0n) is 14.0. The summed E-state index contributed by atoms with van der Waals surface area (Å²) in [5.41, 5.74) is 7.29. The highest BCUT2D eigenvalue weighted by Crippen LogP contribution is 2.15. The number of aliphatic hydroxyl groups is 1. The molecule has 1 heterocycles. The van der Waals surface area contributed by atoms with E-state index in [2.05, 4.69) is 10.3 Å². The van der Waals surface area contributed by atoms with Gasteiger partial charge in [0.15, 0.2) is 6.10 Å². The molecule has 0 radical (unpaired) electrons.